The van der Waals surface area contributed by atoms with Gasteiger partial charge in [-0.15, -0.1) is 5.10 Å². The fourth-order valence-corrected chi connectivity index (χ4v) is 2.94. The van der Waals surface area contributed by atoms with Crippen LogP contribution in [0.25, 0.3) is 16.6 Å². The highest BCUT2D eigenvalue weighted by Gasteiger charge is 2.17. The van der Waals surface area contributed by atoms with Crippen LogP contribution >= 0.6 is 0 Å². The van der Waals surface area contributed by atoms with Crippen molar-refractivity contribution in [3.05, 3.63) is 82.4 Å². The molecule has 0 spiro atoms. The van der Waals surface area contributed by atoms with Gasteiger partial charge in [0, 0.05) is 18.0 Å². The smallest absolute Gasteiger partial charge is 0.449 e. The van der Waals surface area contributed by atoms with Gasteiger partial charge in [0.2, 0.25) is 5.43 Å². The molecule has 0 radical (unpaired) electrons. The monoisotopic (exact) mass is 398 g/mol. The Bertz CT molecular complexity index is 1270. The lowest BCUT2D eigenvalue weighted by Gasteiger charge is -2.14. The molecule has 29 heavy (non-hydrogen) atoms. The van der Waals surface area contributed by atoms with Crippen molar-refractivity contribution in [3.8, 4) is 11.4 Å². The number of benzene rings is 2. The van der Waals surface area contributed by atoms with Crippen LogP contribution in [-0.4, -0.2) is 30.8 Å². The molecule has 0 bridgehead atoms. The van der Waals surface area contributed by atoms with Gasteiger partial charge in [-0.3, -0.25) is 4.79 Å². The minimum atomic E-state index is -1.70. The SMILES string of the molecule is O=C(O)Oc1cn(-c2ccc(Cn3ccnn3)cc2)c2cc(F)c(F)cc2c1=O. The van der Waals surface area contributed by atoms with Crippen LogP contribution < -0.4 is 10.2 Å². The van der Waals surface area contributed by atoms with E-state index in [4.69, 9.17) is 5.11 Å². The zero-order valence-corrected chi connectivity index (χ0v) is 14.6. The summed E-state index contributed by atoms with van der Waals surface area (Å²) in [5.74, 6) is -2.89. The highest BCUT2D eigenvalue weighted by atomic mass is 19.2. The fourth-order valence-electron chi connectivity index (χ4n) is 2.94. The van der Waals surface area contributed by atoms with Gasteiger partial charge < -0.3 is 14.4 Å². The van der Waals surface area contributed by atoms with Crippen molar-refractivity contribution in [2.24, 2.45) is 0 Å². The largest absolute Gasteiger partial charge is 0.511 e. The summed E-state index contributed by atoms with van der Waals surface area (Å²) in [4.78, 5) is 23.3. The Kier molecular flexibility index (Phi) is 4.51. The van der Waals surface area contributed by atoms with Gasteiger partial charge in [0.25, 0.3) is 0 Å². The van der Waals surface area contributed by atoms with Gasteiger partial charge in [-0.1, -0.05) is 17.3 Å². The van der Waals surface area contributed by atoms with Crippen LogP contribution in [0.5, 0.6) is 5.75 Å². The van der Waals surface area contributed by atoms with Crippen molar-refractivity contribution >= 4 is 17.1 Å². The Hall–Kier alpha value is -4.08. The average Bonchev–Trinajstić information content (AvgIpc) is 3.19. The number of rotatable bonds is 4. The number of hydrogen-bond acceptors (Lipinski definition) is 5. The van der Waals surface area contributed by atoms with Gasteiger partial charge in [-0.05, 0) is 23.8 Å². The Balaban J connectivity index is 1.85. The molecule has 0 aliphatic heterocycles. The van der Waals surface area contributed by atoms with E-state index in [1.807, 2.05) is 0 Å². The van der Waals surface area contributed by atoms with Crippen molar-refractivity contribution in [1.29, 1.82) is 0 Å². The van der Waals surface area contributed by atoms with Crippen LogP contribution in [0.2, 0.25) is 0 Å². The molecule has 8 nitrogen and oxygen atoms in total. The molecular formula is C19H12F2N4O4. The summed E-state index contributed by atoms with van der Waals surface area (Å²) in [6.45, 7) is 0.471. The molecule has 2 aromatic heterocycles. The number of ether oxygens (including phenoxy) is 1. The van der Waals surface area contributed by atoms with E-state index in [0.29, 0.717) is 12.2 Å². The zero-order valence-electron chi connectivity index (χ0n) is 14.6. The van der Waals surface area contributed by atoms with Crippen molar-refractivity contribution in [2.75, 3.05) is 0 Å². The Morgan fingerprint density at radius 3 is 2.52 bits per heavy atom. The number of carbonyl (C=O) groups is 1. The van der Waals surface area contributed by atoms with Crippen molar-refractivity contribution < 1.29 is 23.4 Å². The maximum atomic E-state index is 13.8. The number of halogens is 2. The van der Waals surface area contributed by atoms with E-state index in [-0.39, 0.29) is 10.9 Å². The number of carboxylic acid groups (broad SMARTS) is 1. The van der Waals surface area contributed by atoms with E-state index < -0.39 is 29.0 Å². The van der Waals surface area contributed by atoms with E-state index in [9.17, 15) is 18.4 Å². The van der Waals surface area contributed by atoms with E-state index in [1.54, 1.807) is 41.3 Å². The average molecular weight is 398 g/mol. The first-order chi connectivity index (χ1) is 13.9. The highest BCUT2D eigenvalue weighted by molar-refractivity contribution is 5.82. The molecular weight excluding hydrogens is 386 g/mol. The molecule has 0 atom stereocenters. The third-order valence-electron chi connectivity index (χ3n) is 4.24. The first kappa shape index (κ1) is 18.3. The molecule has 2 aromatic carbocycles. The van der Waals surface area contributed by atoms with Gasteiger partial charge in [-0.2, -0.15) is 0 Å². The molecule has 146 valence electrons. The van der Waals surface area contributed by atoms with Crippen molar-refractivity contribution in [1.82, 2.24) is 19.6 Å². The Morgan fingerprint density at radius 1 is 1.14 bits per heavy atom. The number of pyridine rings is 1. The van der Waals surface area contributed by atoms with E-state index in [2.05, 4.69) is 15.0 Å². The van der Waals surface area contributed by atoms with Crippen LogP contribution in [0, 0.1) is 11.6 Å². The fraction of sp³-hybridized carbons (Fsp3) is 0.0526. The van der Waals surface area contributed by atoms with Gasteiger partial charge >= 0.3 is 6.16 Å². The first-order valence-corrected chi connectivity index (χ1v) is 8.31. The van der Waals surface area contributed by atoms with Crippen molar-refractivity contribution in [3.63, 3.8) is 0 Å². The lowest BCUT2D eigenvalue weighted by Crippen LogP contribution is -2.16. The van der Waals surface area contributed by atoms with Gasteiger partial charge in [-0.25, -0.2) is 18.3 Å². The molecule has 0 aliphatic rings. The van der Waals surface area contributed by atoms with Gasteiger partial charge in [0.05, 0.1) is 29.8 Å². The van der Waals surface area contributed by atoms with E-state index >= 15 is 0 Å². The minimum Gasteiger partial charge on any atom is -0.449 e. The molecule has 2 heterocycles. The molecule has 0 saturated heterocycles. The maximum Gasteiger partial charge on any atom is 0.511 e. The summed E-state index contributed by atoms with van der Waals surface area (Å²) < 4.78 is 35.0. The number of hydrogen-bond donors (Lipinski definition) is 1. The molecule has 0 fully saturated rings. The third-order valence-corrected chi connectivity index (χ3v) is 4.24. The topological polar surface area (TPSA) is 99.2 Å². The first-order valence-electron chi connectivity index (χ1n) is 8.31. The lowest BCUT2D eigenvalue weighted by molar-refractivity contribution is 0.144. The molecule has 10 heteroatoms. The van der Waals surface area contributed by atoms with Gasteiger partial charge in [0.15, 0.2) is 17.4 Å². The van der Waals surface area contributed by atoms with Crippen LogP contribution in [0.1, 0.15) is 5.56 Å². The maximum absolute atomic E-state index is 13.8. The molecule has 0 amide bonds. The molecule has 4 aromatic rings. The quantitative estimate of drug-likeness (QED) is 0.531. The summed E-state index contributed by atoms with van der Waals surface area (Å²) in [5.41, 5.74) is 0.582. The van der Waals surface area contributed by atoms with Crippen LogP contribution in [0.15, 0.2) is 59.8 Å². The third kappa shape index (κ3) is 3.55. The molecule has 1 N–H and O–H groups in total. The Morgan fingerprint density at radius 2 is 1.86 bits per heavy atom. The van der Waals surface area contributed by atoms with Gasteiger partial charge in [0.1, 0.15) is 0 Å². The molecule has 0 saturated carbocycles. The zero-order chi connectivity index (χ0) is 20.5. The normalized spacial score (nSPS) is 11.0. The summed E-state index contributed by atoms with van der Waals surface area (Å²) in [5, 5.41) is 16.3. The van der Waals surface area contributed by atoms with Crippen LogP contribution in [0.3, 0.4) is 0 Å². The minimum absolute atomic E-state index is 0.0654. The second kappa shape index (κ2) is 7.15. The summed E-state index contributed by atoms with van der Waals surface area (Å²) in [6.07, 6.45) is 2.69. The van der Waals surface area contributed by atoms with E-state index in [1.165, 1.54) is 4.57 Å². The van der Waals surface area contributed by atoms with Crippen LogP contribution in [-0.2, 0) is 6.54 Å². The number of aromatic nitrogens is 4. The standard InChI is InChI=1S/C19H12F2N4O4/c20-14-7-13-16(8-15(14)21)25(10-17(18(13)26)29-19(27)28)12-3-1-11(2-4-12)9-24-6-5-22-23-24/h1-8,10H,9H2,(H,27,28). The summed E-state index contributed by atoms with van der Waals surface area (Å²) in [6, 6.07) is 8.51. The Labute approximate surface area is 161 Å². The molecule has 4 rings (SSSR count). The lowest BCUT2D eigenvalue weighted by atomic mass is 10.1. The summed E-state index contributed by atoms with van der Waals surface area (Å²) >= 11 is 0. The summed E-state index contributed by atoms with van der Waals surface area (Å²) in [7, 11) is 0. The van der Waals surface area contributed by atoms with Crippen molar-refractivity contribution in [2.45, 2.75) is 6.54 Å². The second-order valence-electron chi connectivity index (χ2n) is 6.11. The van der Waals surface area contributed by atoms with Crippen LogP contribution in [0.4, 0.5) is 13.6 Å². The predicted molar refractivity (Wildman–Crippen MR) is 97.2 cm³/mol. The van der Waals surface area contributed by atoms with E-state index in [0.717, 1.165) is 23.9 Å². The highest BCUT2D eigenvalue weighted by Crippen LogP contribution is 2.23. The number of nitrogens with zero attached hydrogens (tertiary/aromatic N) is 4. The second-order valence-corrected chi connectivity index (χ2v) is 6.11. The molecule has 0 aliphatic carbocycles. The molecule has 0 unspecified atom stereocenters. The number of fused-ring (bicyclic) bond motifs is 1. The predicted octanol–water partition coefficient (Wildman–Crippen LogP) is 2.97.